The molecule has 1 aromatic carbocycles. The highest BCUT2D eigenvalue weighted by Gasteiger charge is 2.40. The van der Waals surface area contributed by atoms with Crippen LogP contribution >= 0.6 is 15.9 Å². The summed E-state index contributed by atoms with van der Waals surface area (Å²) in [7, 11) is 0. The first-order valence-electron chi connectivity index (χ1n) is 7.43. The summed E-state index contributed by atoms with van der Waals surface area (Å²) in [5, 5.41) is 10.9. The lowest BCUT2D eigenvalue weighted by Gasteiger charge is -2.34. The predicted octanol–water partition coefficient (Wildman–Crippen LogP) is 4.22. The molecule has 1 aromatic rings. The molecule has 1 heterocycles. The first kappa shape index (κ1) is 14.2. The monoisotopic (exact) mass is 340 g/mol. The summed E-state index contributed by atoms with van der Waals surface area (Å²) in [5.74, 6) is 1.51. The lowest BCUT2D eigenvalue weighted by molar-refractivity contribution is 0.0228. The number of hydrogen-bond donors (Lipinski definition) is 1. The zero-order valence-corrected chi connectivity index (χ0v) is 13.4. The molecular weight excluding hydrogens is 320 g/mol. The minimum absolute atomic E-state index is 0.0201. The molecule has 3 rings (SSSR count). The zero-order valence-electron chi connectivity index (χ0n) is 11.8. The molecule has 0 spiro atoms. The van der Waals surface area contributed by atoms with Crippen LogP contribution in [0.15, 0.2) is 16.6 Å². The van der Waals surface area contributed by atoms with Gasteiger partial charge in [0, 0.05) is 9.89 Å². The minimum atomic E-state index is -0.444. The van der Waals surface area contributed by atoms with Gasteiger partial charge in [-0.1, -0.05) is 35.7 Å². The van der Waals surface area contributed by atoms with E-state index in [1.54, 1.807) is 0 Å². The summed E-state index contributed by atoms with van der Waals surface area (Å²) in [6.07, 6.45) is 5.20. The first-order chi connectivity index (χ1) is 9.66. The fourth-order valence-electron chi connectivity index (χ4n) is 3.52. The lowest BCUT2D eigenvalue weighted by atomic mass is 9.75. The second-order valence-corrected chi connectivity index (χ2v) is 6.70. The van der Waals surface area contributed by atoms with E-state index in [1.807, 2.05) is 12.1 Å². The van der Waals surface area contributed by atoms with Gasteiger partial charge >= 0.3 is 0 Å². The van der Waals surface area contributed by atoms with Gasteiger partial charge in [-0.2, -0.15) is 0 Å². The summed E-state index contributed by atoms with van der Waals surface area (Å²) < 4.78 is 12.1. The van der Waals surface area contributed by atoms with Gasteiger partial charge in [-0.15, -0.1) is 0 Å². The van der Waals surface area contributed by atoms with Crippen molar-refractivity contribution in [1.29, 1.82) is 0 Å². The molecule has 1 aliphatic carbocycles. The van der Waals surface area contributed by atoms with Crippen LogP contribution in [0.5, 0.6) is 11.5 Å². The van der Waals surface area contributed by atoms with Gasteiger partial charge < -0.3 is 14.6 Å². The smallest absolute Gasteiger partial charge is 0.162 e. The highest BCUT2D eigenvalue weighted by atomic mass is 79.9. The summed E-state index contributed by atoms with van der Waals surface area (Å²) in [6.45, 7) is 3.34. The first-order valence-corrected chi connectivity index (χ1v) is 8.23. The average Bonchev–Trinajstić information content (AvgIpc) is 2.96. The van der Waals surface area contributed by atoms with Crippen LogP contribution < -0.4 is 9.47 Å². The van der Waals surface area contributed by atoms with E-state index in [-0.39, 0.29) is 5.41 Å². The number of aliphatic hydroxyl groups excluding tert-OH is 1. The summed E-state index contributed by atoms with van der Waals surface area (Å²) >= 11 is 3.58. The third-order valence-electron chi connectivity index (χ3n) is 4.84. The van der Waals surface area contributed by atoms with Crippen LogP contribution in [-0.4, -0.2) is 18.3 Å². The van der Waals surface area contributed by atoms with Gasteiger partial charge in [0.05, 0.1) is 6.10 Å². The van der Waals surface area contributed by atoms with Crippen molar-refractivity contribution in [2.24, 2.45) is 5.41 Å². The molecule has 1 atom stereocenters. The van der Waals surface area contributed by atoms with Crippen LogP contribution in [0, 0.1) is 5.41 Å². The van der Waals surface area contributed by atoms with Crippen molar-refractivity contribution in [2.45, 2.75) is 45.1 Å². The molecule has 4 heteroatoms. The van der Waals surface area contributed by atoms with Gasteiger partial charge in [-0.25, -0.2) is 0 Å². The second-order valence-electron chi connectivity index (χ2n) is 5.84. The van der Waals surface area contributed by atoms with Crippen molar-refractivity contribution < 1.29 is 14.6 Å². The van der Waals surface area contributed by atoms with Gasteiger partial charge in [0.15, 0.2) is 11.5 Å². The number of halogens is 1. The maximum absolute atomic E-state index is 10.9. The van der Waals surface area contributed by atoms with Crippen LogP contribution in [0.3, 0.4) is 0 Å². The summed E-state index contributed by atoms with van der Waals surface area (Å²) in [5.41, 5.74) is 0.949. The molecule has 0 aromatic heterocycles. The maximum Gasteiger partial charge on any atom is 0.162 e. The van der Waals surface area contributed by atoms with Crippen molar-refractivity contribution in [3.05, 3.63) is 22.2 Å². The Labute approximate surface area is 128 Å². The molecular formula is C16H21BrO3. The Balaban J connectivity index is 1.96. The molecule has 2 aliphatic rings. The normalized spacial score (nSPS) is 21.8. The highest BCUT2D eigenvalue weighted by molar-refractivity contribution is 9.10. The Hall–Kier alpha value is -0.740. The minimum Gasteiger partial charge on any atom is -0.486 e. The van der Waals surface area contributed by atoms with E-state index in [2.05, 4.69) is 22.9 Å². The van der Waals surface area contributed by atoms with E-state index >= 15 is 0 Å². The Kier molecular flexibility index (Phi) is 3.95. The second kappa shape index (κ2) is 5.57. The summed E-state index contributed by atoms with van der Waals surface area (Å²) in [6, 6.07) is 3.87. The highest BCUT2D eigenvalue weighted by Crippen LogP contribution is 2.52. The molecule has 0 saturated heterocycles. The Bertz CT molecular complexity index is 495. The molecule has 0 bridgehead atoms. The van der Waals surface area contributed by atoms with Crippen LogP contribution in [0.25, 0.3) is 0 Å². The molecule has 110 valence electrons. The molecule has 1 fully saturated rings. The van der Waals surface area contributed by atoms with Crippen LogP contribution in [0.2, 0.25) is 0 Å². The van der Waals surface area contributed by atoms with E-state index in [4.69, 9.17) is 9.47 Å². The third kappa shape index (κ3) is 2.33. The quantitative estimate of drug-likeness (QED) is 0.894. The van der Waals surface area contributed by atoms with E-state index in [9.17, 15) is 5.11 Å². The van der Waals surface area contributed by atoms with Gasteiger partial charge in [-0.05, 0) is 37.0 Å². The van der Waals surface area contributed by atoms with Gasteiger partial charge in [0.1, 0.15) is 13.2 Å². The number of fused-ring (bicyclic) bond motifs is 1. The molecule has 0 amide bonds. The fraction of sp³-hybridized carbons (Fsp3) is 0.625. The molecule has 20 heavy (non-hydrogen) atoms. The molecule has 3 nitrogen and oxygen atoms in total. The number of ether oxygens (including phenoxy) is 2. The maximum atomic E-state index is 10.9. The van der Waals surface area contributed by atoms with E-state index in [1.165, 1.54) is 12.8 Å². The van der Waals surface area contributed by atoms with Crippen LogP contribution in [0.1, 0.15) is 50.7 Å². The predicted molar refractivity (Wildman–Crippen MR) is 81.3 cm³/mol. The summed E-state index contributed by atoms with van der Waals surface area (Å²) in [4.78, 5) is 0. The largest absolute Gasteiger partial charge is 0.486 e. The molecule has 1 saturated carbocycles. The van der Waals surface area contributed by atoms with Crippen LogP contribution in [-0.2, 0) is 0 Å². The van der Waals surface area contributed by atoms with Crippen LogP contribution in [0.4, 0.5) is 0 Å². The SMILES string of the molecule is CCC1(C(O)c2cc3c(cc2Br)OCCO3)CCCC1. The van der Waals surface area contributed by atoms with Gasteiger partial charge in [0.2, 0.25) is 0 Å². The number of hydrogen-bond acceptors (Lipinski definition) is 3. The topological polar surface area (TPSA) is 38.7 Å². The molecule has 1 aliphatic heterocycles. The van der Waals surface area contributed by atoms with Crippen molar-refractivity contribution in [1.82, 2.24) is 0 Å². The Morgan fingerprint density at radius 2 is 1.80 bits per heavy atom. The molecule has 0 radical (unpaired) electrons. The molecule has 1 unspecified atom stereocenters. The number of aliphatic hydroxyl groups is 1. The zero-order chi connectivity index (χ0) is 14.2. The van der Waals surface area contributed by atoms with Crippen molar-refractivity contribution in [3.63, 3.8) is 0 Å². The van der Waals surface area contributed by atoms with Crippen molar-refractivity contribution in [2.75, 3.05) is 13.2 Å². The van der Waals surface area contributed by atoms with E-state index < -0.39 is 6.10 Å². The van der Waals surface area contributed by atoms with E-state index in [0.717, 1.165) is 40.8 Å². The Morgan fingerprint density at radius 1 is 1.20 bits per heavy atom. The van der Waals surface area contributed by atoms with Gasteiger partial charge in [0.25, 0.3) is 0 Å². The van der Waals surface area contributed by atoms with Crippen molar-refractivity contribution in [3.8, 4) is 11.5 Å². The van der Waals surface area contributed by atoms with E-state index in [0.29, 0.717) is 13.2 Å². The van der Waals surface area contributed by atoms with Crippen molar-refractivity contribution >= 4 is 15.9 Å². The number of rotatable bonds is 3. The standard InChI is InChI=1S/C16H21BrO3/c1-2-16(5-3-4-6-16)15(18)11-9-13-14(10-12(11)17)20-8-7-19-13/h9-10,15,18H,2-8H2,1H3. The molecule has 1 N–H and O–H groups in total. The average molecular weight is 341 g/mol. The lowest BCUT2D eigenvalue weighted by Crippen LogP contribution is -2.25. The van der Waals surface area contributed by atoms with Gasteiger partial charge in [-0.3, -0.25) is 0 Å². The third-order valence-corrected chi connectivity index (χ3v) is 5.53. The number of benzene rings is 1. The Morgan fingerprint density at radius 3 is 2.40 bits per heavy atom. The fourth-order valence-corrected chi connectivity index (χ4v) is 4.06.